The highest BCUT2D eigenvalue weighted by Crippen LogP contribution is 2.48. The third-order valence-electron chi connectivity index (χ3n) is 3.83. The van der Waals surface area contributed by atoms with E-state index in [1.54, 1.807) is 0 Å². The number of nitrogens with zero attached hydrogens (tertiary/aromatic N) is 1. The van der Waals surface area contributed by atoms with E-state index in [1.165, 1.54) is 25.7 Å². The first-order chi connectivity index (χ1) is 7.58. The molecule has 3 atom stereocenters. The summed E-state index contributed by atoms with van der Waals surface area (Å²) in [6.07, 6.45) is 5.07. The molecule has 0 aromatic carbocycles. The Labute approximate surface area is 94.5 Å². The second-order valence-corrected chi connectivity index (χ2v) is 4.84. The van der Waals surface area contributed by atoms with Crippen molar-refractivity contribution in [1.29, 1.82) is 0 Å². The van der Waals surface area contributed by atoms with Gasteiger partial charge in [0, 0.05) is 11.6 Å². The first kappa shape index (κ1) is 11.1. The topological polar surface area (TPSA) is 84.6 Å². The standard InChI is InChI=1S/C11H17N3O2/c1-6(13-14-11(16)10(12)15)9-5-7-2-3-8(9)4-7/h7-9H,2-5H2,1H3,(H2,12,15)(H,14,16)/b13-6+. The molecular weight excluding hydrogens is 206 g/mol. The number of rotatable bonds is 2. The zero-order valence-corrected chi connectivity index (χ0v) is 9.40. The second kappa shape index (κ2) is 4.23. The summed E-state index contributed by atoms with van der Waals surface area (Å²) in [4.78, 5) is 21.4. The van der Waals surface area contributed by atoms with E-state index in [4.69, 9.17) is 5.73 Å². The summed E-state index contributed by atoms with van der Waals surface area (Å²) in [6, 6.07) is 0. The van der Waals surface area contributed by atoms with Gasteiger partial charge in [0.05, 0.1) is 0 Å². The van der Waals surface area contributed by atoms with Crippen LogP contribution >= 0.6 is 0 Å². The third-order valence-corrected chi connectivity index (χ3v) is 3.83. The number of carbonyl (C=O) groups is 2. The Bertz CT molecular complexity index is 351. The average molecular weight is 223 g/mol. The van der Waals surface area contributed by atoms with E-state index < -0.39 is 11.8 Å². The molecule has 0 spiro atoms. The predicted molar refractivity (Wildman–Crippen MR) is 59.4 cm³/mol. The Morgan fingerprint density at radius 1 is 1.31 bits per heavy atom. The number of primary amides is 1. The summed E-state index contributed by atoms with van der Waals surface area (Å²) in [5.41, 5.74) is 7.93. The van der Waals surface area contributed by atoms with E-state index in [0.29, 0.717) is 5.92 Å². The van der Waals surface area contributed by atoms with Gasteiger partial charge in [0.25, 0.3) is 0 Å². The number of hydrogen-bond acceptors (Lipinski definition) is 3. The fraction of sp³-hybridized carbons (Fsp3) is 0.727. The molecule has 2 fully saturated rings. The Kier molecular flexibility index (Phi) is 2.94. The number of hydrazone groups is 1. The van der Waals surface area contributed by atoms with Crippen LogP contribution in [0.5, 0.6) is 0 Å². The van der Waals surface area contributed by atoms with Crippen molar-refractivity contribution in [3.05, 3.63) is 0 Å². The van der Waals surface area contributed by atoms with Crippen molar-refractivity contribution in [2.75, 3.05) is 0 Å². The van der Waals surface area contributed by atoms with E-state index in [2.05, 4.69) is 10.5 Å². The summed E-state index contributed by atoms with van der Waals surface area (Å²) < 4.78 is 0. The van der Waals surface area contributed by atoms with E-state index in [-0.39, 0.29) is 0 Å². The Hall–Kier alpha value is -1.39. The Balaban J connectivity index is 1.92. The maximum Gasteiger partial charge on any atom is 0.329 e. The molecule has 88 valence electrons. The molecule has 16 heavy (non-hydrogen) atoms. The molecule has 0 radical (unpaired) electrons. The van der Waals surface area contributed by atoms with Crippen molar-refractivity contribution in [3.8, 4) is 0 Å². The van der Waals surface area contributed by atoms with Crippen molar-refractivity contribution < 1.29 is 9.59 Å². The number of nitrogens with two attached hydrogens (primary N) is 1. The van der Waals surface area contributed by atoms with Gasteiger partial charge in [0.15, 0.2) is 0 Å². The highest BCUT2D eigenvalue weighted by molar-refractivity contribution is 6.34. The lowest BCUT2D eigenvalue weighted by Gasteiger charge is -2.20. The maximum absolute atomic E-state index is 10.9. The quantitative estimate of drug-likeness (QED) is 0.403. The average Bonchev–Trinajstić information content (AvgIpc) is 2.86. The van der Waals surface area contributed by atoms with Crippen LogP contribution in [-0.2, 0) is 9.59 Å². The van der Waals surface area contributed by atoms with Gasteiger partial charge in [-0.15, -0.1) is 0 Å². The Morgan fingerprint density at radius 2 is 2.06 bits per heavy atom. The summed E-state index contributed by atoms with van der Waals surface area (Å²) in [6.45, 7) is 1.91. The molecule has 2 bridgehead atoms. The van der Waals surface area contributed by atoms with Gasteiger partial charge in [-0.3, -0.25) is 9.59 Å². The highest BCUT2D eigenvalue weighted by Gasteiger charge is 2.40. The normalized spacial score (nSPS) is 32.8. The molecule has 0 aliphatic heterocycles. The molecule has 0 aromatic rings. The third kappa shape index (κ3) is 2.08. The van der Waals surface area contributed by atoms with Crippen LogP contribution in [0.2, 0.25) is 0 Å². The summed E-state index contributed by atoms with van der Waals surface area (Å²) in [5.74, 6) is 0.199. The number of nitrogens with one attached hydrogen (secondary N) is 1. The zero-order valence-electron chi connectivity index (χ0n) is 9.40. The Morgan fingerprint density at radius 3 is 2.56 bits per heavy atom. The smallest absolute Gasteiger partial charge is 0.329 e. The summed E-state index contributed by atoms with van der Waals surface area (Å²) in [7, 11) is 0. The summed E-state index contributed by atoms with van der Waals surface area (Å²) >= 11 is 0. The molecule has 2 aliphatic carbocycles. The van der Waals surface area contributed by atoms with Crippen LogP contribution < -0.4 is 11.2 Å². The molecule has 0 heterocycles. The number of carbonyl (C=O) groups excluding carboxylic acids is 2. The molecule has 5 heteroatoms. The van der Waals surface area contributed by atoms with Gasteiger partial charge in [-0.2, -0.15) is 5.10 Å². The van der Waals surface area contributed by atoms with Crippen LogP contribution in [0.3, 0.4) is 0 Å². The molecule has 0 aromatic heterocycles. The van der Waals surface area contributed by atoms with Crippen molar-refractivity contribution in [3.63, 3.8) is 0 Å². The first-order valence-electron chi connectivity index (χ1n) is 5.72. The molecule has 2 rings (SSSR count). The fourth-order valence-electron chi connectivity index (χ4n) is 3.03. The van der Waals surface area contributed by atoms with Gasteiger partial charge in [0.1, 0.15) is 0 Å². The number of fused-ring (bicyclic) bond motifs is 2. The van der Waals surface area contributed by atoms with Crippen LogP contribution in [0.4, 0.5) is 0 Å². The SMILES string of the molecule is C/C(=N\NC(=O)C(N)=O)C1CC2CCC1C2. The van der Waals surface area contributed by atoms with Crippen LogP contribution in [0.25, 0.3) is 0 Å². The van der Waals surface area contributed by atoms with Crippen LogP contribution in [0, 0.1) is 17.8 Å². The van der Waals surface area contributed by atoms with Crippen LogP contribution in [-0.4, -0.2) is 17.5 Å². The van der Waals surface area contributed by atoms with E-state index in [1.807, 2.05) is 6.92 Å². The largest absolute Gasteiger partial charge is 0.361 e. The number of amides is 2. The van der Waals surface area contributed by atoms with Gasteiger partial charge in [-0.1, -0.05) is 6.42 Å². The minimum atomic E-state index is -0.996. The molecular formula is C11H17N3O2. The lowest BCUT2D eigenvalue weighted by molar-refractivity contribution is -0.137. The molecule has 3 unspecified atom stereocenters. The molecule has 3 N–H and O–H groups in total. The minimum Gasteiger partial charge on any atom is -0.361 e. The fourth-order valence-corrected chi connectivity index (χ4v) is 3.03. The van der Waals surface area contributed by atoms with Gasteiger partial charge < -0.3 is 5.73 Å². The van der Waals surface area contributed by atoms with Crippen LogP contribution in [0.1, 0.15) is 32.6 Å². The molecule has 5 nitrogen and oxygen atoms in total. The monoisotopic (exact) mass is 223 g/mol. The second-order valence-electron chi connectivity index (χ2n) is 4.84. The number of hydrogen-bond donors (Lipinski definition) is 2. The van der Waals surface area contributed by atoms with Crippen molar-refractivity contribution in [1.82, 2.24) is 5.43 Å². The van der Waals surface area contributed by atoms with Crippen molar-refractivity contribution in [2.45, 2.75) is 32.6 Å². The maximum atomic E-state index is 10.9. The van der Waals surface area contributed by atoms with Crippen LogP contribution in [0.15, 0.2) is 5.10 Å². The first-order valence-corrected chi connectivity index (χ1v) is 5.72. The van der Waals surface area contributed by atoms with Gasteiger partial charge >= 0.3 is 11.8 Å². The van der Waals surface area contributed by atoms with Gasteiger partial charge in [-0.25, -0.2) is 5.43 Å². The summed E-state index contributed by atoms with van der Waals surface area (Å²) in [5, 5.41) is 3.96. The van der Waals surface area contributed by atoms with Gasteiger partial charge in [0.2, 0.25) is 0 Å². The van der Waals surface area contributed by atoms with E-state index in [0.717, 1.165) is 17.5 Å². The minimum absolute atomic E-state index is 0.479. The van der Waals surface area contributed by atoms with Crippen molar-refractivity contribution >= 4 is 17.5 Å². The molecule has 2 saturated carbocycles. The molecule has 0 saturated heterocycles. The molecule has 2 amide bonds. The predicted octanol–water partition coefficient (Wildman–Crippen LogP) is 0.400. The highest BCUT2D eigenvalue weighted by atomic mass is 16.2. The lowest BCUT2D eigenvalue weighted by atomic mass is 9.86. The molecule has 2 aliphatic rings. The van der Waals surface area contributed by atoms with E-state index in [9.17, 15) is 9.59 Å². The lowest BCUT2D eigenvalue weighted by Crippen LogP contribution is -2.34. The van der Waals surface area contributed by atoms with E-state index >= 15 is 0 Å². The zero-order chi connectivity index (χ0) is 11.7. The van der Waals surface area contributed by atoms with Crippen molar-refractivity contribution in [2.24, 2.45) is 28.6 Å². The van der Waals surface area contributed by atoms with Gasteiger partial charge in [-0.05, 0) is 38.0 Å².